The summed E-state index contributed by atoms with van der Waals surface area (Å²) in [6.45, 7) is 7.73. The topological polar surface area (TPSA) is 44.7 Å². The van der Waals surface area contributed by atoms with Crippen LogP contribution in [0.3, 0.4) is 0 Å². The van der Waals surface area contributed by atoms with Gasteiger partial charge in [-0.05, 0) is 18.6 Å². The van der Waals surface area contributed by atoms with Crippen LogP contribution in [-0.4, -0.2) is 43.3 Å². The number of rotatable bonds is 5. The smallest absolute Gasteiger partial charge is 0.127 e. The Morgan fingerprint density at radius 2 is 2.21 bits per heavy atom. The van der Waals surface area contributed by atoms with Crippen LogP contribution < -0.4 is 10.1 Å². The molecule has 0 aromatic heterocycles. The summed E-state index contributed by atoms with van der Waals surface area (Å²) in [5.41, 5.74) is 0.867. The number of nitrogens with one attached hydrogen (secondary N) is 1. The molecule has 1 aromatic carbocycles. The molecular formula is C15H22N2O2. The number of aromatic hydroxyl groups is 1. The minimum absolute atomic E-state index is 0.121. The van der Waals surface area contributed by atoms with Gasteiger partial charge in [0.2, 0.25) is 0 Å². The molecule has 0 radical (unpaired) electrons. The number of hydrogen-bond acceptors (Lipinski definition) is 4. The maximum absolute atomic E-state index is 10.2. The lowest BCUT2D eigenvalue weighted by molar-refractivity contribution is 0.169. The minimum atomic E-state index is 0.121. The second kappa shape index (κ2) is 6.59. The van der Waals surface area contributed by atoms with Crippen LogP contribution in [0, 0.1) is 0 Å². The molecule has 2 rings (SSSR count). The van der Waals surface area contributed by atoms with Crippen LogP contribution in [0.25, 0.3) is 0 Å². The third-order valence-corrected chi connectivity index (χ3v) is 3.58. The SMILES string of the molecule is C=CC[C@H](c1c(O)cccc1OC)N1CCNCC1. The van der Waals surface area contributed by atoms with E-state index in [0.717, 1.165) is 43.9 Å². The zero-order valence-corrected chi connectivity index (χ0v) is 11.4. The largest absolute Gasteiger partial charge is 0.507 e. The van der Waals surface area contributed by atoms with Gasteiger partial charge in [0.15, 0.2) is 0 Å². The third-order valence-electron chi connectivity index (χ3n) is 3.58. The monoisotopic (exact) mass is 262 g/mol. The van der Waals surface area contributed by atoms with Crippen molar-refractivity contribution in [3.8, 4) is 11.5 Å². The van der Waals surface area contributed by atoms with E-state index in [-0.39, 0.29) is 6.04 Å². The van der Waals surface area contributed by atoms with Crippen LogP contribution in [-0.2, 0) is 0 Å². The highest BCUT2D eigenvalue weighted by Gasteiger charge is 2.26. The lowest BCUT2D eigenvalue weighted by Gasteiger charge is -2.35. The van der Waals surface area contributed by atoms with Crippen molar-refractivity contribution in [2.24, 2.45) is 0 Å². The standard InChI is InChI=1S/C15H22N2O2/c1-3-5-12(17-10-8-16-9-11-17)15-13(18)6-4-7-14(15)19-2/h3-4,6-7,12,16,18H,1,5,8-11H2,2H3/t12-/m1/s1. The van der Waals surface area contributed by atoms with E-state index in [1.165, 1.54) is 0 Å². The van der Waals surface area contributed by atoms with Crippen molar-refractivity contribution in [3.05, 3.63) is 36.4 Å². The summed E-state index contributed by atoms with van der Waals surface area (Å²) >= 11 is 0. The summed E-state index contributed by atoms with van der Waals surface area (Å²) < 4.78 is 5.41. The number of phenolic OH excluding ortho intramolecular Hbond substituents is 1. The van der Waals surface area contributed by atoms with E-state index in [1.807, 2.05) is 12.1 Å². The van der Waals surface area contributed by atoms with E-state index >= 15 is 0 Å². The molecule has 1 saturated heterocycles. The Balaban J connectivity index is 2.34. The zero-order chi connectivity index (χ0) is 13.7. The molecule has 0 bridgehead atoms. The molecule has 1 aromatic rings. The molecule has 19 heavy (non-hydrogen) atoms. The molecule has 0 aliphatic carbocycles. The molecule has 2 N–H and O–H groups in total. The van der Waals surface area contributed by atoms with E-state index in [1.54, 1.807) is 19.2 Å². The van der Waals surface area contributed by atoms with Crippen molar-refractivity contribution in [2.45, 2.75) is 12.5 Å². The molecule has 1 fully saturated rings. The molecule has 1 aliphatic heterocycles. The average molecular weight is 262 g/mol. The molecule has 1 heterocycles. The van der Waals surface area contributed by atoms with E-state index in [2.05, 4.69) is 16.8 Å². The fourth-order valence-corrected chi connectivity index (χ4v) is 2.65. The van der Waals surface area contributed by atoms with Crippen molar-refractivity contribution >= 4 is 0 Å². The Kier molecular flexibility index (Phi) is 4.82. The fourth-order valence-electron chi connectivity index (χ4n) is 2.65. The van der Waals surface area contributed by atoms with Gasteiger partial charge >= 0.3 is 0 Å². The van der Waals surface area contributed by atoms with E-state index in [4.69, 9.17) is 4.74 Å². The molecule has 0 saturated carbocycles. The van der Waals surface area contributed by atoms with Gasteiger partial charge in [-0.15, -0.1) is 6.58 Å². The molecular weight excluding hydrogens is 240 g/mol. The Morgan fingerprint density at radius 1 is 1.47 bits per heavy atom. The first kappa shape index (κ1) is 13.9. The van der Waals surface area contributed by atoms with Crippen LogP contribution in [0.1, 0.15) is 18.0 Å². The molecule has 4 heteroatoms. The summed E-state index contributed by atoms with van der Waals surface area (Å²) in [5.74, 6) is 1.04. The molecule has 0 unspecified atom stereocenters. The van der Waals surface area contributed by atoms with Gasteiger partial charge in [-0.2, -0.15) is 0 Å². The number of ether oxygens (including phenoxy) is 1. The highest BCUT2D eigenvalue weighted by atomic mass is 16.5. The number of phenols is 1. The number of piperazine rings is 1. The molecule has 0 spiro atoms. The number of hydrogen-bond donors (Lipinski definition) is 2. The molecule has 0 amide bonds. The van der Waals surface area contributed by atoms with Crippen LogP contribution in [0.4, 0.5) is 0 Å². The van der Waals surface area contributed by atoms with Gasteiger partial charge in [-0.3, -0.25) is 4.90 Å². The number of benzene rings is 1. The Labute approximate surface area is 114 Å². The number of methoxy groups -OCH3 is 1. The summed E-state index contributed by atoms with van der Waals surface area (Å²) in [4.78, 5) is 2.37. The van der Waals surface area contributed by atoms with Gasteiger partial charge < -0.3 is 15.2 Å². The first-order valence-electron chi connectivity index (χ1n) is 6.69. The lowest BCUT2D eigenvalue weighted by atomic mass is 9.99. The van der Waals surface area contributed by atoms with Crippen molar-refractivity contribution in [1.29, 1.82) is 0 Å². The molecule has 1 atom stereocenters. The van der Waals surface area contributed by atoms with Gasteiger partial charge in [-0.25, -0.2) is 0 Å². The Bertz CT molecular complexity index is 428. The molecule has 4 nitrogen and oxygen atoms in total. The van der Waals surface area contributed by atoms with Gasteiger partial charge in [0.1, 0.15) is 11.5 Å². The predicted molar refractivity (Wildman–Crippen MR) is 76.7 cm³/mol. The summed E-state index contributed by atoms with van der Waals surface area (Å²) in [6.07, 6.45) is 2.70. The van der Waals surface area contributed by atoms with E-state index < -0.39 is 0 Å². The first-order valence-corrected chi connectivity index (χ1v) is 6.69. The van der Waals surface area contributed by atoms with Gasteiger partial charge in [0.05, 0.1) is 12.7 Å². The van der Waals surface area contributed by atoms with Crippen molar-refractivity contribution in [2.75, 3.05) is 33.3 Å². The van der Waals surface area contributed by atoms with Gasteiger partial charge in [0.25, 0.3) is 0 Å². The van der Waals surface area contributed by atoms with Crippen LogP contribution in [0.5, 0.6) is 11.5 Å². The van der Waals surface area contributed by atoms with Crippen molar-refractivity contribution in [3.63, 3.8) is 0 Å². The molecule has 104 valence electrons. The summed E-state index contributed by atoms with van der Waals surface area (Å²) in [5, 5.41) is 13.5. The highest BCUT2D eigenvalue weighted by molar-refractivity contribution is 5.46. The Morgan fingerprint density at radius 3 is 2.84 bits per heavy atom. The van der Waals surface area contributed by atoms with Crippen molar-refractivity contribution in [1.82, 2.24) is 10.2 Å². The number of nitrogens with zero attached hydrogens (tertiary/aromatic N) is 1. The van der Waals surface area contributed by atoms with E-state index in [9.17, 15) is 5.11 Å². The first-order chi connectivity index (χ1) is 9.27. The Hall–Kier alpha value is -1.52. The summed E-state index contributed by atoms with van der Waals surface area (Å²) in [7, 11) is 1.64. The second-order valence-electron chi connectivity index (χ2n) is 4.72. The van der Waals surface area contributed by atoms with Crippen LogP contribution in [0.15, 0.2) is 30.9 Å². The average Bonchev–Trinajstić information content (AvgIpc) is 2.46. The zero-order valence-electron chi connectivity index (χ0n) is 11.4. The van der Waals surface area contributed by atoms with Crippen LogP contribution in [0.2, 0.25) is 0 Å². The summed E-state index contributed by atoms with van der Waals surface area (Å²) in [6, 6.07) is 5.54. The van der Waals surface area contributed by atoms with Gasteiger partial charge in [0, 0.05) is 32.2 Å². The van der Waals surface area contributed by atoms with Gasteiger partial charge in [-0.1, -0.05) is 12.1 Å². The maximum Gasteiger partial charge on any atom is 0.127 e. The third kappa shape index (κ3) is 3.08. The molecule has 1 aliphatic rings. The van der Waals surface area contributed by atoms with Crippen molar-refractivity contribution < 1.29 is 9.84 Å². The van der Waals surface area contributed by atoms with E-state index in [0.29, 0.717) is 5.75 Å². The fraction of sp³-hybridized carbons (Fsp3) is 0.467. The highest BCUT2D eigenvalue weighted by Crippen LogP contribution is 2.38. The predicted octanol–water partition coefficient (Wildman–Crippen LogP) is 1.92. The normalized spacial score (nSPS) is 17.9. The quantitative estimate of drug-likeness (QED) is 0.796. The minimum Gasteiger partial charge on any atom is -0.507 e. The maximum atomic E-state index is 10.2. The lowest BCUT2D eigenvalue weighted by Crippen LogP contribution is -2.45. The second-order valence-corrected chi connectivity index (χ2v) is 4.72. The van der Waals surface area contributed by atoms with Crippen LogP contribution >= 0.6 is 0 Å².